The Labute approximate surface area is 132 Å². The van der Waals surface area contributed by atoms with Crippen LogP contribution >= 0.6 is 0 Å². The van der Waals surface area contributed by atoms with E-state index in [4.69, 9.17) is 5.11 Å². The first-order valence-electron chi connectivity index (χ1n) is 8.34. The highest BCUT2D eigenvalue weighted by atomic mass is 16.4. The van der Waals surface area contributed by atoms with E-state index in [2.05, 4.69) is 6.92 Å². The second kappa shape index (κ2) is 10.3. The summed E-state index contributed by atoms with van der Waals surface area (Å²) >= 11 is 0. The molecule has 1 aliphatic rings. The van der Waals surface area contributed by atoms with Crippen LogP contribution in [0, 0.1) is 11.8 Å². The first-order valence-corrected chi connectivity index (χ1v) is 8.34. The minimum absolute atomic E-state index is 0.121. The van der Waals surface area contributed by atoms with E-state index >= 15 is 0 Å². The number of carboxylic acids is 1. The summed E-state index contributed by atoms with van der Waals surface area (Å²) in [6.07, 6.45) is 13.0. The summed E-state index contributed by atoms with van der Waals surface area (Å²) in [5, 5.41) is 18.4. The van der Waals surface area contributed by atoms with E-state index in [-0.39, 0.29) is 24.0 Å². The van der Waals surface area contributed by atoms with Crippen LogP contribution in [0.3, 0.4) is 0 Å². The lowest BCUT2D eigenvalue weighted by atomic mass is 9.89. The van der Waals surface area contributed by atoms with E-state index in [0.29, 0.717) is 19.3 Å². The molecular formula is C18H28O4. The zero-order valence-corrected chi connectivity index (χ0v) is 13.4. The van der Waals surface area contributed by atoms with Gasteiger partial charge in [0.2, 0.25) is 0 Å². The number of carbonyl (C=O) groups is 2. The van der Waals surface area contributed by atoms with Gasteiger partial charge in [-0.1, -0.05) is 44.4 Å². The molecule has 0 aromatic carbocycles. The predicted molar refractivity (Wildman–Crippen MR) is 86.5 cm³/mol. The van der Waals surface area contributed by atoms with Crippen molar-refractivity contribution in [3.05, 3.63) is 24.3 Å². The molecule has 0 saturated heterocycles. The van der Waals surface area contributed by atoms with Gasteiger partial charge in [-0.25, -0.2) is 0 Å². The Kier molecular flexibility index (Phi) is 8.75. The zero-order chi connectivity index (χ0) is 16.4. The molecule has 0 aromatic heterocycles. The fourth-order valence-electron chi connectivity index (χ4n) is 2.78. The topological polar surface area (TPSA) is 74.6 Å². The van der Waals surface area contributed by atoms with Gasteiger partial charge in [-0.05, 0) is 37.7 Å². The van der Waals surface area contributed by atoms with Crippen LogP contribution in [0.2, 0.25) is 0 Å². The molecular weight excluding hydrogens is 280 g/mol. The standard InChI is InChI=1S/C18H28O4/c1-2-3-4-7-14-10-13-17(20)16(14)12-11-15(19)8-5-6-9-18(21)22/h10-16,19H,2-9H2,1H3,(H,21,22)/b12-11+/t14-,15-,16-/m0/s1. The van der Waals surface area contributed by atoms with Gasteiger partial charge in [0, 0.05) is 12.3 Å². The maximum Gasteiger partial charge on any atom is 0.303 e. The van der Waals surface area contributed by atoms with Crippen LogP contribution in [0.25, 0.3) is 0 Å². The monoisotopic (exact) mass is 308 g/mol. The summed E-state index contributed by atoms with van der Waals surface area (Å²) < 4.78 is 0. The van der Waals surface area contributed by atoms with Gasteiger partial charge in [-0.3, -0.25) is 9.59 Å². The number of carboxylic acid groups (broad SMARTS) is 1. The molecule has 0 radical (unpaired) electrons. The zero-order valence-electron chi connectivity index (χ0n) is 13.4. The molecule has 4 heteroatoms. The molecule has 2 N–H and O–H groups in total. The van der Waals surface area contributed by atoms with Crippen LogP contribution in [0.15, 0.2) is 24.3 Å². The highest BCUT2D eigenvalue weighted by Crippen LogP contribution is 2.28. The minimum Gasteiger partial charge on any atom is -0.481 e. The van der Waals surface area contributed by atoms with Crippen molar-refractivity contribution in [3.8, 4) is 0 Å². The smallest absolute Gasteiger partial charge is 0.303 e. The fourth-order valence-corrected chi connectivity index (χ4v) is 2.78. The molecule has 1 rings (SSSR count). The van der Waals surface area contributed by atoms with E-state index in [1.54, 1.807) is 12.2 Å². The Hall–Kier alpha value is -1.42. The van der Waals surface area contributed by atoms with Crippen molar-refractivity contribution in [3.63, 3.8) is 0 Å². The number of carbonyl (C=O) groups excluding carboxylic acids is 1. The predicted octanol–water partition coefficient (Wildman–Crippen LogP) is 3.50. The lowest BCUT2D eigenvalue weighted by molar-refractivity contribution is -0.137. The summed E-state index contributed by atoms with van der Waals surface area (Å²) in [5.41, 5.74) is 0. The Morgan fingerprint density at radius 2 is 2.09 bits per heavy atom. The maximum absolute atomic E-state index is 11.9. The van der Waals surface area contributed by atoms with E-state index in [1.807, 2.05) is 12.2 Å². The Morgan fingerprint density at radius 1 is 1.32 bits per heavy atom. The van der Waals surface area contributed by atoms with Crippen molar-refractivity contribution in [2.45, 2.75) is 64.4 Å². The molecule has 4 nitrogen and oxygen atoms in total. The van der Waals surface area contributed by atoms with Crippen molar-refractivity contribution in [2.24, 2.45) is 11.8 Å². The SMILES string of the molecule is CCCCC[C@H]1C=CC(=O)[C@H]1/C=C/[C@@H](O)CCCCC(=O)O. The first-order chi connectivity index (χ1) is 10.5. The Bertz CT molecular complexity index is 411. The lowest BCUT2D eigenvalue weighted by Crippen LogP contribution is -2.14. The lowest BCUT2D eigenvalue weighted by Gasteiger charge is -2.15. The summed E-state index contributed by atoms with van der Waals surface area (Å²) in [6, 6.07) is 0. The van der Waals surface area contributed by atoms with Gasteiger partial charge in [0.25, 0.3) is 0 Å². The van der Waals surface area contributed by atoms with E-state index in [0.717, 1.165) is 12.8 Å². The number of rotatable bonds is 11. The normalized spacial score (nSPS) is 22.5. The van der Waals surface area contributed by atoms with Gasteiger partial charge in [0.15, 0.2) is 5.78 Å². The number of unbranched alkanes of at least 4 members (excludes halogenated alkanes) is 3. The number of aliphatic hydroxyl groups is 1. The number of ketones is 1. The van der Waals surface area contributed by atoms with Crippen molar-refractivity contribution < 1.29 is 19.8 Å². The molecule has 0 amide bonds. The van der Waals surface area contributed by atoms with Crippen LogP contribution in [-0.4, -0.2) is 28.1 Å². The van der Waals surface area contributed by atoms with Crippen molar-refractivity contribution in [1.29, 1.82) is 0 Å². The molecule has 0 heterocycles. The summed E-state index contributed by atoms with van der Waals surface area (Å²) in [5.74, 6) is -0.557. The van der Waals surface area contributed by atoms with Crippen LogP contribution in [0.4, 0.5) is 0 Å². The number of aliphatic carboxylic acids is 1. The molecule has 0 spiro atoms. The average Bonchev–Trinajstić information content (AvgIpc) is 2.82. The Morgan fingerprint density at radius 3 is 2.77 bits per heavy atom. The van der Waals surface area contributed by atoms with Crippen molar-refractivity contribution in [1.82, 2.24) is 0 Å². The van der Waals surface area contributed by atoms with Crippen LogP contribution in [-0.2, 0) is 9.59 Å². The summed E-state index contributed by atoms with van der Waals surface area (Å²) in [7, 11) is 0. The third-order valence-corrected chi connectivity index (χ3v) is 4.12. The fraction of sp³-hybridized carbons (Fsp3) is 0.667. The molecule has 0 aromatic rings. The van der Waals surface area contributed by atoms with Crippen LogP contribution in [0.1, 0.15) is 58.3 Å². The van der Waals surface area contributed by atoms with Gasteiger partial charge in [-0.2, -0.15) is 0 Å². The first kappa shape index (κ1) is 18.6. The van der Waals surface area contributed by atoms with Crippen LogP contribution < -0.4 is 0 Å². The van der Waals surface area contributed by atoms with Gasteiger partial charge in [-0.15, -0.1) is 0 Å². The van der Waals surface area contributed by atoms with Gasteiger partial charge >= 0.3 is 5.97 Å². The number of hydrogen-bond donors (Lipinski definition) is 2. The van der Waals surface area contributed by atoms with Crippen LogP contribution in [0.5, 0.6) is 0 Å². The molecule has 0 saturated carbocycles. The molecule has 0 unspecified atom stereocenters. The van der Waals surface area contributed by atoms with Gasteiger partial charge in [0.1, 0.15) is 0 Å². The third kappa shape index (κ3) is 7.03. The molecule has 0 fully saturated rings. The summed E-state index contributed by atoms with van der Waals surface area (Å²) in [6.45, 7) is 2.16. The van der Waals surface area contributed by atoms with Crippen molar-refractivity contribution in [2.75, 3.05) is 0 Å². The third-order valence-electron chi connectivity index (χ3n) is 4.12. The number of allylic oxidation sites excluding steroid dienone is 3. The Balaban J connectivity index is 2.35. The van der Waals surface area contributed by atoms with Gasteiger partial charge < -0.3 is 10.2 Å². The summed E-state index contributed by atoms with van der Waals surface area (Å²) in [4.78, 5) is 22.3. The molecule has 0 bridgehead atoms. The van der Waals surface area contributed by atoms with E-state index in [1.165, 1.54) is 12.8 Å². The highest BCUT2D eigenvalue weighted by Gasteiger charge is 2.27. The highest BCUT2D eigenvalue weighted by molar-refractivity contribution is 5.95. The molecule has 1 aliphatic carbocycles. The molecule has 22 heavy (non-hydrogen) atoms. The number of hydrogen-bond acceptors (Lipinski definition) is 3. The quantitative estimate of drug-likeness (QED) is 0.452. The van der Waals surface area contributed by atoms with Gasteiger partial charge in [0.05, 0.1) is 6.10 Å². The second-order valence-electron chi connectivity index (χ2n) is 6.04. The minimum atomic E-state index is -0.803. The van der Waals surface area contributed by atoms with E-state index in [9.17, 15) is 14.7 Å². The number of aliphatic hydroxyl groups excluding tert-OH is 1. The largest absolute Gasteiger partial charge is 0.481 e. The molecule has 3 atom stereocenters. The second-order valence-corrected chi connectivity index (χ2v) is 6.04. The van der Waals surface area contributed by atoms with Crippen molar-refractivity contribution >= 4 is 11.8 Å². The maximum atomic E-state index is 11.9. The molecule has 124 valence electrons. The molecule has 0 aliphatic heterocycles. The average molecular weight is 308 g/mol. The van der Waals surface area contributed by atoms with E-state index < -0.39 is 12.1 Å².